The Labute approximate surface area is 106 Å². The summed E-state index contributed by atoms with van der Waals surface area (Å²) in [4.78, 5) is 16.6. The van der Waals surface area contributed by atoms with E-state index >= 15 is 0 Å². The van der Waals surface area contributed by atoms with Crippen LogP contribution in [0.2, 0.25) is 0 Å². The van der Waals surface area contributed by atoms with Crippen molar-refractivity contribution in [3.8, 4) is 0 Å². The topological polar surface area (TPSA) is 62.1 Å². The molecule has 0 aliphatic heterocycles. The summed E-state index contributed by atoms with van der Waals surface area (Å²) in [5.74, 6) is -0.101. The number of carbonyl (C=O) groups is 1. The predicted molar refractivity (Wildman–Crippen MR) is 73.8 cm³/mol. The Morgan fingerprint density at radius 2 is 2.00 bits per heavy atom. The van der Waals surface area contributed by atoms with Crippen LogP contribution in [0.25, 0.3) is 0 Å². The van der Waals surface area contributed by atoms with E-state index in [2.05, 4.69) is 11.9 Å². The van der Waals surface area contributed by atoms with Crippen molar-refractivity contribution in [3.63, 3.8) is 0 Å². The molecule has 0 fully saturated rings. The molecule has 1 amide bonds. The molecular weight excluding hydrogens is 226 g/mol. The highest BCUT2D eigenvalue weighted by Crippen LogP contribution is 2.17. The molecule has 1 heterocycles. The van der Waals surface area contributed by atoms with Gasteiger partial charge in [-0.3, -0.25) is 4.79 Å². The summed E-state index contributed by atoms with van der Waals surface area (Å²) >= 11 is 0. The van der Waals surface area contributed by atoms with E-state index in [-0.39, 0.29) is 5.91 Å². The Morgan fingerprint density at radius 1 is 1.33 bits per heavy atom. The molecule has 0 atom stereocenters. The van der Waals surface area contributed by atoms with Gasteiger partial charge in [0, 0.05) is 24.6 Å². The number of aromatic amines is 1. The summed E-state index contributed by atoms with van der Waals surface area (Å²) in [6.45, 7) is 2.10. The SMILES string of the molecule is CCc1ccc(N(C)C(=O)c2cc(N)c[nH]2)cc1. The fraction of sp³-hybridized carbons (Fsp3) is 0.214. The van der Waals surface area contributed by atoms with E-state index in [0.29, 0.717) is 11.4 Å². The van der Waals surface area contributed by atoms with Crippen LogP contribution in [0.15, 0.2) is 36.5 Å². The van der Waals surface area contributed by atoms with E-state index in [1.54, 1.807) is 24.2 Å². The van der Waals surface area contributed by atoms with E-state index in [1.807, 2.05) is 24.3 Å². The van der Waals surface area contributed by atoms with Crippen molar-refractivity contribution in [3.05, 3.63) is 47.8 Å². The summed E-state index contributed by atoms with van der Waals surface area (Å²) in [5.41, 5.74) is 8.77. The van der Waals surface area contributed by atoms with Crippen LogP contribution in [0.1, 0.15) is 23.0 Å². The number of amides is 1. The molecule has 0 spiro atoms. The van der Waals surface area contributed by atoms with Gasteiger partial charge in [-0.2, -0.15) is 0 Å². The fourth-order valence-electron chi connectivity index (χ4n) is 1.79. The first kappa shape index (κ1) is 12.2. The van der Waals surface area contributed by atoms with Crippen LogP contribution in [0, 0.1) is 0 Å². The Morgan fingerprint density at radius 3 is 2.50 bits per heavy atom. The molecule has 4 heteroatoms. The van der Waals surface area contributed by atoms with E-state index in [9.17, 15) is 4.79 Å². The smallest absolute Gasteiger partial charge is 0.274 e. The molecule has 1 aromatic heterocycles. The average Bonchev–Trinajstić information content (AvgIpc) is 2.84. The number of nitrogens with zero attached hydrogens (tertiary/aromatic N) is 1. The van der Waals surface area contributed by atoms with Crippen molar-refractivity contribution in [2.75, 3.05) is 17.7 Å². The summed E-state index contributed by atoms with van der Waals surface area (Å²) in [6, 6.07) is 9.59. The molecule has 1 aromatic carbocycles. The largest absolute Gasteiger partial charge is 0.397 e. The van der Waals surface area contributed by atoms with Gasteiger partial charge in [-0.25, -0.2) is 0 Å². The van der Waals surface area contributed by atoms with Gasteiger partial charge in [-0.05, 0) is 30.2 Å². The third-order valence-corrected chi connectivity index (χ3v) is 2.97. The Balaban J connectivity index is 2.19. The highest BCUT2D eigenvalue weighted by Gasteiger charge is 2.14. The number of nitrogens with one attached hydrogen (secondary N) is 1. The molecule has 18 heavy (non-hydrogen) atoms. The van der Waals surface area contributed by atoms with Crippen molar-refractivity contribution in [1.29, 1.82) is 0 Å². The maximum absolute atomic E-state index is 12.2. The lowest BCUT2D eigenvalue weighted by Crippen LogP contribution is -2.26. The zero-order chi connectivity index (χ0) is 13.1. The minimum Gasteiger partial charge on any atom is -0.397 e. The van der Waals surface area contributed by atoms with Gasteiger partial charge in [0.05, 0.1) is 0 Å². The molecule has 2 aromatic rings. The van der Waals surface area contributed by atoms with E-state index in [0.717, 1.165) is 12.1 Å². The number of anilines is 2. The molecule has 0 aliphatic rings. The number of H-pyrrole nitrogens is 1. The minimum atomic E-state index is -0.101. The van der Waals surface area contributed by atoms with Gasteiger partial charge in [0.1, 0.15) is 5.69 Å². The highest BCUT2D eigenvalue weighted by atomic mass is 16.2. The minimum absolute atomic E-state index is 0.101. The average molecular weight is 243 g/mol. The first-order valence-electron chi connectivity index (χ1n) is 5.92. The van der Waals surface area contributed by atoms with Crippen molar-refractivity contribution in [2.24, 2.45) is 0 Å². The maximum Gasteiger partial charge on any atom is 0.274 e. The fourth-order valence-corrected chi connectivity index (χ4v) is 1.79. The summed E-state index contributed by atoms with van der Waals surface area (Å²) in [6.07, 6.45) is 2.60. The van der Waals surface area contributed by atoms with Crippen LogP contribution in [-0.2, 0) is 6.42 Å². The summed E-state index contributed by atoms with van der Waals surface area (Å²) < 4.78 is 0. The van der Waals surface area contributed by atoms with Gasteiger partial charge in [0.2, 0.25) is 0 Å². The lowest BCUT2D eigenvalue weighted by molar-refractivity contribution is 0.0989. The predicted octanol–water partition coefficient (Wildman–Crippen LogP) is 2.44. The number of hydrogen-bond donors (Lipinski definition) is 2. The van der Waals surface area contributed by atoms with Crippen molar-refractivity contribution in [1.82, 2.24) is 4.98 Å². The summed E-state index contributed by atoms with van der Waals surface area (Å²) in [7, 11) is 1.75. The van der Waals surface area contributed by atoms with Gasteiger partial charge < -0.3 is 15.6 Å². The molecule has 0 aliphatic carbocycles. The van der Waals surface area contributed by atoms with Crippen LogP contribution < -0.4 is 10.6 Å². The number of carbonyl (C=O) groups excluding carboxylic acids is 1. The molecule has 94 valence electrons. The van der Waals surface area contributed by atoms with E-state index < -0.39 is 0 Å². The van der Waals surface area contributed by atoms with Crippen molar-refractivity contribution < 1.29 is 4.79 Å². The molecule has 3 N–H and O–H groups in total. The summed E-state index contributed by atoms with van der Waals surface area (Å²) in [5, 5.41) is 0. The standard InChI is InChI=1S/C14H17N3O/c1-3-10-4-6-12(7-5-10)17(2)14(18)13-8-11(15)9-16-13/h4-9,16H,3,15H2,1-2H3. The van der Waals surface area contributed by atoms with Crippen molar-refractivity contribution in [2.45, 2.75) is 13.3 Å². The maximum atomic E-state index is 12.2. The number of hydrogen-bond acceptors (Lipinski definition) is 2. The normalized spacial score (nSPS) is 10.3. The van der Waals surface area contributed by atoms with Crippen LogP contribution in [0.3, 0.4) is 0 Å². The highest BCUT2D eigenvalue weighted by molar-refractivity contribution is 6.05. The number of aromatic nitrogens is 1. The zero-order valence-corrected chi connectivity index (χ0v) is 10.6. The van der Waals surface area contributed by atoms with Crippen LogP contribution in [0.4, 0.5) is 11.4 Å². The lowest BCUT2D eigenvalue weighted by atomic mass is 10.1. The molecular formula is C14H17N3O. The van der Waals surface area contributed by atoms with Crippen LogP contribution in [-0.4, -0.2) is 17.9 Å². The number of benzene rings is 1. The van der Waals surface area contributed by atoms with Gasteiger partial charge in [-0.15, -0.1) is 0 Å². The van der Waals surface area contributed by atoms with E-state index in [1.165, 1.54) is 5.56 Å². The molecule has 4 nitrogen and oxygen atoms in total. The Bertz CT molecular complexity index is 542. The van der Waals surface area contributed by atoms with Gasteiger partial charge in [0.15, 0.2) is 0 Å². The van der Waals surface area contributed by atoms with Crippen molar-refractivity contribution >= 4 is 17.3 Å². The zero-order valence-electron chi connectivity index (χ0n) is 10.6. The van der Waals surface area contributed by atoms with Gasteiger partial charge >= 0.3 is 0 Å². The molecule has 0 saturated heterocycles. The molecule has 0 saturated carbocycles. The first-order chi connectivity index (χ1) is 8.61. The second kappa shape index (κ2) is 4.96. The number of rotatable bonds is 3. The molecule has 0 bridgehead atoms. The third kappa shape index (κ3) is 2.37. The monoisotopic (exact) mass is 243 g/mol. The molecule has 2 rings (SSSR count). The lowest BCUT2D eigenvalue weighted by Gasteiger charge is -2.16. The number of nitrogens with two attached hydrogens (primary N) is 1. The number of aryl methyl sites for hydroxylation is 1. The van der Waals surface area contributed by atoms with E-state index in [4.69, 9.17) is 5.73 Å². The first-order valence-corrected chi connectivity index (χ1v) is 5.92. The Kier molecular flexibility index (Phi) is 3.37. The molecule has 0 unspecified atom stereocenters. The number of nitrogen functional groups attached to an aromatic ring is 1. The quantitative estimate of drug-likeness (QED) is 0.869. The van der Waals surface area contributed by atoms with Crippen LogP contribution >= 0.6 is 0 Å². The second-order valence-electron chi connectivity index (χ2n) is 4.23. The van der Waals surface area contributed by atoms with Gasteiger partial charge in [0.25, 0.3) is 5.91 Å². The van der Waals surface area contributed by atoms with Gasteiger partial charge in [-0.1, -0.05) is 19.1 Å². The molecule has 0 radical (unpaired) electrons. The Hall–Kier alpha value is -2.23. The second-order valence-corrected chi connectivity index (χ2v) is 4.23. The third-order valence-electron chi connectivity index (χ3n) is 2.97. The van der Waals surface area contributed by atoms with Crippen LogP contribution in [0.5, 0.6) is 0 Å².